The molecule has 0 radical (unpaired) electrons. The zero-order chi connectivity index (χ0) is 25.4. The Bertz CT molecular complexity index is 1470. The molecular weight excluding hydrogens is 515 g/mol. The number of H-pyrrole nitrogens is 1. The molecule has 0 spiro atoms. The van der Waals surface area contributed by atoms with Gasteiger partial charge in [0.2, 0.25) is 5.91 Å². The minimum absolute atomic E-state index is 0.0205. The molecule has 0 atom stereocenters. The van der Waals surface area contributed by atoms with Crippen molar-refractivity contribution in [1.82, 2.24) is 14.9 Å². The van der Waals surface area contributed by atoms with Crippen LogP contribution < -0.4 is 10.0 Å². The minimum Gasteiger partial charge on any atom is -0.369 e. The van der Waals surface area contributed by atoms with Gasteiger partial charge in [-0.2, -0.15) is 0 Å². The molecule has 8 nitrogen and oxygen atoms in total. The van der Waals surface area contributed by atoms with E-state index in [0.717, 1.165) is 59.0 Å². The molecule has 190 valence electrons. The number of thiazole rings is 1. The predicted molar refractivity (Wildman–Crippen MR) is 146 cm³/mol. The van der Waals surface area contributed by atoms with Crippen LogP contribution >= 0.6 is 22.7 Å². The zero-order valence-electron chi connectivity index (χ0n) is 20.2. The lowest BCUT2D eigenvalue weighted by Gasteiger charge is -2.29. The molecule has 11 heteroatoms. The largest absolute Gasteiger partial charge is 0.369 e. The van der Waals surface area contributed by atoms with Crippen LogP contribution in [-0.2, 0) is 21.4 Å². The lowest BCUT2D eigenvalue weighted by atomic mass is 9.96. The van der Waals surface area contributed by atoms with Crippen LogP contribution in [0.1, 0.15) is 31.6 Å². The number of para-hydroxylation sites is 1. The minimum atomic E-state index is -3.69. The summed E-state index contributed by atoms with van der Waals surface area (Å²) in [6.45, 7) is 6.25. The van der Waals surface area contributed by atoms with E-state index in [2.05, 4.69) is 14.9 Å². The van der Waals surface area contributed by atoms with E-state index in [1.165, 1.54) is 15.6 Å². The number of rotatable bonds is 8. The molecule has 4 aromatic rings. The van der Waals surface area contributed by atoms with E-state index < -0.39 is 10.0 Å². The zero-order valence-corrected chi connectivity index (χ0v) is 22.6. The summed E-state index contributed by atoms with van der Waals surface area (Å²) in [4.78, 5) is 23.0. The molecule has 0 aliphatic carbocycles. The highest BCUT2D eigenvalue weighted by molar-refractivity contribution is 7.94. The van der Waals surface area contributed by atoms with Crippen LogP contribution in [0.2, 0.25) is 0 Å². The van der Waals surface area contributed by atoms with Crippen LogP contribution in [-0.4, -0.2) is 48.3 Å². The average molecular weight is 544 g/mol. The van der Waals surface area contributed by atoms with Crippen molar-refractivity contribution in [3.63, 3.8) is 0 Å². The number of carbonyl (C=O) groups excluding carboxylic acids is 1. The van der Waals surface area contributed by atoms with Crippen LogP contribution in [0.5, 0.6) is 0 Å². The number of sulfonamides is 1. The van der Waals surface area contributed by atoms with Gasteiger partial charge >= 0.3 is 0 Å². The van der Waals surface area contributed by atoms with E-state index in [4.69, 9.17) is 5.73 Å². The van der Waals surface area contributed by atoms with Gasteiger partial charge in [-0.1, -0.05) is 18.2 Å². The second-order valence-corrected chi connectivity index (χ2v) is 13.4. The number of nitrogens with one attached hydrogen (secondary N) is 1. The molecule has 0 saturated carbocycles. The summed E-state index contributed by atoms with van der Waals surface area (Å²) in [6, 6.07) is 10.9. The number of aromatic nitrogens is 2. The number of nitrogens with two attached hydrogens (primary N) is 1. The number of piperidine rings is 1. The number of hydrogen-bond donors (Lipinski definition) is 2. The first kappa shape index (κ1) is 24.9. The Hall–Kier alpha value is -2.73. The van der Waals surface area contributed by atoms with E-state index in [1.54, 1.807) is 28.8 Å². The molecule has 0 bridgehead atoms. The number of hydrogen-bond acceptors (Lipinski definition) is 7. The van der Waals surface area contributed by atoms with Crippen molar-refractivity contribution in [2.75, 3.05) is 17.4 Å². The summed E-state index contributed by atoms with van der Waals surface area (Å²) in [6.07, 6.45) is 3.49. The van der Waals surface area contributed by atoms with E-state index in [0.29, 0.717) is 9.90 Å². The SMILES string of the molecule is CC(C)N(c1cccc2cc(-c3ncc(CN4CCC(C(N)=O)CC4)s3)[nH]c12)S(=O)(=O)c1cccs1. The maximum Gasteiger partial charge on any atom is 0.274 e. The van der Waals surface area contributed by atoms with Gasteiger partial charge in [0.05, 0.1) is 16.9 Å². The van der Waals surface area contributed by atoms with Crippen molar-refractivity contribution in [3.8, 4) is 10.7 Å². The molecule has 1 aliphatic heterocycles. The van der Waals surface area contributed by atoms with Crippen LogP contribution in [0.4, 0.5) is 5.69 Å². The summed E-state index contributed by atoms with van der Waals surface area (Å²) in [5.74, 6) is -0.222. The summed E-state index contributed by atoms with van der Waals surface area (Å²) >= 11 is 2.84. The van der Waals surface area contributed by atoms with E-state index >= 15 is 0 Å². The van der Waals surface area contributed by atoms with Crippen molar-refractivity contribution < 1.29 is 13.2 Å². The van der Waals surface area contributed by atoms with Gasteiger partial charge < -0.3 is 10.7 Å². The third-order valence-electron chi connectivity index (χ3n) is 6.50. The highest BCUT2D eigenvalue weighted by Crippen LogP contribution is 2.36. The molecule has 1 amide bonds. The van der Waals surface area contributed by atoms with Crippen LogP contribution in [0, 0.1) is 5.92 Å². The van der Waals surface area contributed by atoms with Crippen molar-refractivity contribution in [1.29, 1.82) is 0 Å². The highest BCUT2D eigenvalue weighted by atomic mass is 32.2. The van der Waals surface area contributed by atoms with Crippen molar-refractivity contribution >= 4 is 55.2 Å². The first-order valence-corrected chi connectivity index (χ1v) is 15.0. The van der Waals surface area contributed by atoms with Crippen LogP contribution in [0.25, 0.3) is 21.6 Å². The molecule has 3 N–H and O–H groups in total. The number of anilines is 1. The summed E-state index contributed by atoms with van der Waals surface area (Å²) in [7, 11) is -3.69. The second-order valence-electron chi connectivity index (χ2n) is 9.34. The Kier molecular flexibility index (Phi) is 6.90. The number of thiophene rings is 1. The molecule has 36 heavy (non-hydrogen) atoms. The van der Waals surface area contributed by atoms with Gasteiger partial charge in [-0.25, -0.2) is 13.4 Å². The van der Waals surface area contributed by atoms with Gasteiger partial charge in [-0.15, -0.1) is 22.7 Å². The Morgan fingerprint density at radius 2 is 2.03 bits per heavy atom. The standard InChI is InChI=1S/C25H29N5O3S3/c1-16(2)30(36(32,33)22-7-4-12-34-22)21-6-3-5-18-13-20(28-23(18)21)25-27-14-19(35-25)15-29-10-8-17(9-11-29)24(26)31/h3-7,12-14,16-17,28H,8-11,15H2,1-2H3,(H2,26,31). The van der Waals surface area contributed by atoms with Gasteiger partial charge in [-0.05, 0) is 63.4 Å². The number of nitrogens with zero attached hydrogens (tertiary/aromatic N) is 3. The van der Waals surface area contributed by atoms with Gasteiger partial charge in [0.1, 0.15) is 9.22 Å². The maximum atomic E-state index is 13.5. The second kappa shape index (κ2) is 9.97. The number of amides is 1. The summed E-state index contributed by atoms with van der Waals surface area (Å²) in [5, 5.41) is 3.56. The van der Waals surface area contributed by atoms with Crippen molar-refractivity contribution in [2.24, 2.45) is 11.7 Å². The Morgan fingerprint density at radius 1 is 1.25 bits per heavy atom. The van der Waals surface area contributed by atoms with Gasteiger partial charge in [0.15, 0.2) is 0 Å². The number of aromatic amines is 1. The van der Waals surface area contributed by atoms with E-state index in [1.807, 2.05) is 44.3 Å². The van der Waals surface area contributed by atoms with Crippen molar-refractivity contribution in [3.05, 3.63) is 52.9 Å². The normalized spacial score (nSPS) is 15.6. The van der Waals surface area contributed by atoms with Gasteiger partial charge in [0.25, 0.3) is 10.0 Å². The number of carbonyl (C=O) groups is 1. The Balaban J connectivity index is 1.41. The molecular formula is C25H29N5O3S3. The topological polar surface area (TPSA) is 112 Å². The van der Waals surface area contributed by atoms with Crippen LogP contribution in [0.3, 0.4) is 0 Å². The average Bonchev–Trinajstić information content (AvgIpc) is 3.60. The molecule has 5 rings (SSSR count). The Morgan fingerprint density at radius 3 is 2.69 bits per heavy atom. The smallest absolute Gasteiger partial charge is 0.274 e. The Labute approximate surface area is 218 Å². The fourth-order valence-electron chi connectivity index (χ4n) is 4.73. The lowest BCUT2D eigenvalue weighted by Crippen LogP contribution is -2.37. The quantitative estimate of drug-likeness (QED) is 0.336. The third kappa shape index (κ3) is 4.80. The van der Waals surface area contributed by atoms with Gasteiger partial charge in [0, 0.05) is 35.0 Å². The summed E-state index contributed by atoms with van der Waals surface area (Å²) < 4.78 is 28.8. The maximum absolute atomic E-state index is 13.5. The first-order chi connectivity index (χ1) is 17.2. The predicted octanol–water partition coefficient (Wildman–Crippen LogP) is 4.65. The molecule has 1 saturated heterocycles. The number of likely N-dealkylation sites (tertiary alicyclic amines) is 1. The molecule has 1 aromatic carbocycles. The highest BCUT2D eigenvalue weighted by Gasteiger charge is 2.30. The molecule has 1 fully saturated rings. The number of fused-ring (bicyclic) bond motifs is 1. The van der Waals surface area contributed by atoms with E-state index in [9.17, 15) is 13.2 Å². The van der Waals surface area contributed by atoms with Gasteiger partial charge in [-0.3, -0.25) is 14.0 Å². The fraction of sp³-hybridized carbons (Fsp3) is 0.360. The molecule has 3 aromatic heterocycles. The molecule has 4 heterocycles. The first-order valence-electron chi connectivity index (χ1n) is 11.9. The third-order valence-corrected chi connectivity index (χ3v) is 10.9. The number of benzene rings is 1. The molecule has 1 aliphatic rings. The molecule has 0 unspecified atom stereocenters. The van der Waals surface area contributed by atoms with Crippen LogP contribution in [0.15, 0.2) is 52.2 Å². The number of primary amides is 1. The summed E-state index contributed by atoms with van der Waals surface area (Å²) in [5.41, 5.74) is 7.71. The lowest BCUT2D eigenvalue weighted by molar-refractivity contribution is -0.123. The fourth-order valence-corrected chi connectivity index (χ4v) is 8.41. The van der Waals surface area contributed by atoms with Crippen molar-refractivity contribution in [2.45, 2.75) is 43.5 Å². The van der Waals surface area contributed by atoms with E-state index in [-0.39, 0.29) is 17.9 Å². The monoisotopic (exact) mass is 543 g/mol.